The summed E-state index contributed by atoms with van der Waals surface area (Å²) in [6, 6.07) is 0.619. The van der Waals surface area contributed by atoms with Gasteiger partial charge in [0, 0.05) is 25.7 Å². The molecule has 5 aliphatic rings. The van der Waals surface area contributed by atoms with Gasteiger partial charge in [0.25, 0.3) is 0 Å². The number of thiol groups is 1. The van der Waals surface area contributed by atoms with Crippen molar-refractivity contribution in [3.8, 4) is 0 Å². The first-order chi connectivity index (χ1) is 9.22. The molecule has 2 nitrogen and oxygen atoms in total. The van der Waals surface area contributed by atoms with Gasteiger partial charge in [-0.1, -0.05) is 12.2 Å². The predicted octanol–water partition coefficient (Wildman–Crippen LogP) is -0.336. The molecule has 1 atom stereocenters. The number of nitrogens with zero attached hydrogens (tertiary/aromatic N) is 1. The zero-order valence-corrected chi connectivity index (χ0v) is 16.1. The van der Waals surface area contributed by atoms with Gasteiger partial charge in [-0.25, -0.2) is 0 Å². The molecule has 4 aliphatic carbocycles. The molecular weight excluding hydrogens is 295 g/mol. The van der Waals surface area contributed by atoms with Gasteiger partial charge < -0.3 is 11.6 Å². The fourth-order valence-corrected chi connectivity index (χ4v) is 6.38. The van der Waals surface area contributed by atoms with Crippen LogP contribution in [0, 0.1) is 29.6 Å². The van der Waals surface area contributed by atoms with E-state index in [0.717, 1.165) is 53.5 Å². The van der Waals surface area contributed by atoms with Crippen LogP contribution in [0.1, 0.15) is 33.5 Å². The van der Waals surface area contributed by atoms with E-state index in [4.69, 9.17) is 12.2 Å². The molecule has 1 heterocycles. The molecule has 4 bridgehead atoms. The third-order valence-corrected chi connectivity index (χ3v) is 6.76. The van der Waals surface area contributed by atoms with Crippen LogP contribution in [-0.2, 0) is 0 Å². The second-order valence-corrected chi connectivity index (χ2v) is 8.37. The Labute approximate surface area is 157 Å². The molecule has 20 heavy (non-hydrogen) atoms. The fraction of sp³-hybridized carbons (Fsp3) is 0.933. The van der Waals surface area contributed by atoms with E-state index >= 15 is 0 Å². The Bertz CT molecular complexity index is 368. The zero-order valence-electron chi connectivity index (χ0n) is 13.4. The molecule has 0 aromatic carbocycles. The van der Waals surface area contributed by atoms with Crippen LogP contribution in [0.5, 0.6) is 0 Å². The Hall–Kier alpha value is 1.20. The average molecular weight is 321 g/mol. The first kappa shape index (κ1) is 16.1. The van der Waals surface area contributed by atoms with Crippen molar-refractivity contribution in [2.75, 3.05) is 19.6 Å². The summed E-state index contributed by atoms with van der Waals surface area (Å²) < 4.78 is 0.820. The van der Waals surface area contributed by atoms with Gasteiger partial charge in [0.05, 0.1) is 0 Å². The molecule has 1 saturated heterocycles. The Morgan fingerprint density at radius 1 is 1.10 bits per heavy atom. The Morgan fingerprint density at radius 2 is 1.70 bits per heavy atom. The number of hydrogen-bond donors (Lipinski definition) is 2. The molecule has 108 valence electrons. The molecule has 0 aromatic rings. The largest absolute Gasteiger partial charge is 1.00 e. The molecule has 4 saturated carbocycles. The van der Waals surface area contributed by atoms with Crippen LogP contribution in [0.3, 0.4) is 0 Å². The van der Waals surface area contributed by atoms with Gasteiger partial charge in [-0.2, -0.15) is 0 Å². The van der Waals surface area contributed by atoms with Crippen LogP contribution in [0.4, 0.5) is 0 Å². The minimum absolute atomic E-state index is 0. The van der Waals surface area contributed by atoms with Crippen molar-refractivity contribution in [1.29, 1.82) is 0 Å². The van der Waals surface area contributed by atoms with Crippen LogP contribution in [-0.4, -0.2) is 34.9 Å². The Kier molecular flexibility index (Phi) is 5.12. The molecule has 0 aromatic heterocycles. The van der Waals surface area contributed by atoms with Crippen molar-refractivity contribution in [3.63, 3.8) is 0 Å². The van der Waals surface area contributed by atoms with E-state index in [-0.39, 0.29) is 31.0 Å². The SMILES string of the molecule is S=C(S)N1CCNCC1C1C2CC3CC(C2)CC1C3.[H-].[Na+]. The number of thiocarbonyl (C=S) groups is 1. The summed E-state index contributed by atoms with van der Waals surface area (Å²) >= 11 is 9.87. The molecule has 0 spiro atoms. The predicted molar refractivity (Wildman–Crippen MR) is 86.6 cm³/mol. The molecule has 0 radical (unpaired) electrons. The van der Waals surface area contributed by atoms with Gasteiger partial charge in [0.15, 0.2) is 0 Å². The Morgan fingerprint density at radius 3 is 2.25 bits per heavy atom. The summed E-state index contributed by atoms with van der Waals surface area (Å²) in [5.41, 5.74) is 0. The van der Waals surface area contributed by atoms with Gasteiger partial charge in [0.1, 0.15) is 4.32 Å². The van der Waals surface area contributed by atoms with E-state index in [0.29, 0.717) is 6.04 Å². The molecule has 1 aliphatic heterocycles. The van der Waals surface area contributed by atoms with Crippen LogP contribution in [0.2, 0.25) is 0 Å². The van der Waals surface area contributed by atoms with Gasteiger partial charge in [-0.15, -0.1) is 12.6 Å². The molecule has 5 fully saturated rings. The third kappa shape index (κ3) is 2.74. The second kappa shape index (κ2) is 6.37. The minimum atomic E-state index is 0. The van der Waals surface area contributed by atoms with Crippen LogP contribution >= 0.6 is 24.8 Å². The summed E-state index contributed by atoms with van der Waals surface area (Å²) in [6.45, 7) is 3.23. The van der Waals surface area contributed by atoms with Gasteiger partial charge in [-0.05, 0) is 61.7 Å². The Balaban J connectivity index is 0.000000807. The van der Waals surface area contributed by atoms with Crippen molar-refractivity contribution in [3.05, 3.63) is 0 Å². The van der Waals surface area contributed by atoms with Crippen molar-refractivity contribution in [2.45, 2.75) is 38.1 Å². The average Bonchev–Trinajstić information content (AvgIpc) is 2.37. The maximum atomic E-state index is 5.39. The molecule has 5 heteroatoms. The summed E-state index contributed by atoms with van der Waals surface area (Å²) in [4.78, 5) is 2.42. The number of hydrogen-bond acceptors (Lipinski definition) is 2. The zero-order chi connectivity index (χ0) is 13.0. The monoisotopic (exact) mass is 320 g/mol. The molecule has 0 amide bonds. The second-order valence-electron chi connectivity index (χ2n) is 7.26. The topological polar surface area (TPSA) is 15.3 Å². The fourth-order valence-electron chi connectivity index (χ4n) is 5.90. The molecular formula is C15H25N2NaS2. The van der Waals surface area contributed by atoms with Gasteiger partial charge in [0.2, 0.25) is 0 Å². The number of piperazine rings is 1. The normalized spacial score (nSPS) is 46.1. The summed E-state index contributed by atoms with van der Waals surface area (Å²) in [7, 11) is 0. The first-order valence-electron chi connectivity index (χ1n) is 7.92. The van der Waals surface area contributed by atoms with E-state index in [1.165, 1.54) is 32.1 Å². The van der Waals surface area contributed by atoms with Gasteiger partial charge >= 0.3 is 29.6 Å². The van der Waals surface area contributed by atoms with E-state index in [9.17, 15) is 0 Å². The van der Waals surface area contributed by atoms with Crippen molar-refractivity contribution in [2.24, 2.45) is 29.6 Å². The number of rotatable bonds is 1. The standard InChI is InChI=1S/C15H24N2S2.Na.H/c18-15(19)17-2-1-16-8-13(17)14-11-4-9-3-10(6-11)7-12(14)5-9;;/h9-14,16H,1-8H2,(H,18,19);;/q;+1;-1. The first-order valence-corrected chi connectivity index (χ1v) is 8.78. The van der Waals surface area contributed by atoms with Crippen LogP contribution in [0.15, 0.2) is 0 Å². The van der Waals surface area contributed by atoms with Crippen LogP contribution < -0.4 is 34.9 Å². The maximum Gasteiger partial charge on any atom is 1.00 e. The maximum absolute atomic E-state index is 5.39. The molecule has 5 rings (SSSR count). The van der Waals surface area contributed by atoms with Crippen molar-refractivity contribution in [1.82, 2.24) is 10.2 Å². The summed E-state index contributed by atoms with van der Waals surface area (Å²) in [5, 5.41) is 3.59. The molecule has 1 unspecified atom stereocenters. The van der Waals surface area contributed by atoms with Crippen LogP contribution in [0.25, 0.3) is 0 Å². The minimum Gasteiger partial charge on any atom is -1.00 e. The molecule has 1 N–H and O–H groups in total. The van der Waals surface area contributed by atoms with E-state index < -0.39 is 0 Å². The van der Waals surface area contributed by atoms with E-state index in [1.807, 2.05) is 0 Å². The van der Waals surface area contributed by atoms with E-state index in [1.54, 1.807) is 0 Å². The van der Waals surface area contributed by atoms with Crippen molar-refractivity contribution < 1.29 is 31.0 Å². The number of nitrogens with one attached hydrogen (secondary N) is 1. The van der Waals surface area contributed by atoms with E-state index in [2.05, 4.69) is 22.8 Å². The summed E-state index contributed by atoms with van der Waals surface area (Å²) in [5.74, 6) is 4.96. The third-order valence-electron chi connectivity index (χ3n) is 6.27. The quantitative estimate of drug-likeness (QED) is 0.391. The van der Waals surface area contributed by atoms with Crippen molar-refractivity contribution >= 4 is 29.2 Å². The smallest absolute Gasteiger partial charge is 1.00 e. The van der Waals surface area contributed by atoms with Gasteiger partial charge in [-0.3, -0.25) is 0 Å². The summed E-state index contributed by atoms with van der Waals surface area (Å²) in [6.07, 6.45) is 7.54.